The van der Waals surface area contributed by atoms with E-state index in [9.17, 15) is 123 Å². The van der Waals surface area contributed by atoms with E-state index in [1.807, 2.05) is 0 Å². The first-order valence-corrected chi connectivity index (χ1v) is 32.2. The Balaban J connectivity index is 0.963. The molecule has 0 aliphatic carbocycles. The molecular weight excluding hydrogens is 1380 g/mol. The number of aromatic hydroxyl groups is 19. The maximum Gasteiger partial charge on any atom is 0.305 e. The van der Waals surface area contributed by atoms with Gasteiger partial charge < -0.3 is 151 Å². The monoisotopic (exact) mass is 1440 g/mol. The smallest absolute Gasteiger partial charge is 0.305 e. The molecule has 10 aromatic rings. The zero-order valence-electron chi connectivity index (χ0n) is 53.5. The third-order valence-electron chi connectivity index (χ3n) is 20.5. The molecule has 0 saturated heterocycles. The van der Waals surface area contributed by atoms with Gasteiger partial charge in [0.05, 0.1) is 29.8 Å². The van der Waals surface area contributed by atoms with Crippen molar-refractivity contribution in [1.29, 1.82) is 0 Å². The Morgan fingerprint density at radius 1 is 0.267 bits per heavy atom. The Hall–Kier alpha value is -13.0. The van der Waals surface area contributed by atoms with Gasteiger partial charge in [0, 0.05) is 98.5 Å². The number of phenols is 19. The molecular formula is C75H60O30. The Morgan fingerprint density at radius 3 is 1.06 bits per heavy atom. The number of rotatable bonds is 8. The van der Waals surface area contributed by atoms with Crippen molar-refractivity contribution in [3.63, 3.8) is 0 Å². The lowest BCUT2D eigenvalue weighted by Gasteiger charge is -2.51. The second-order valence-electron chi connectivity index (χ2n) is 26.5. The summed E-state index contributed by atoms with van der Waals surface area (Å²) in [6, 6.07) is 21.2. The van der Waals surface area contributed by atoms with E-state index in [0.717, 1.165) is 103 Å². The topological polar surface area (TPSA) is 541 Å². The highest BCUT2D eigenvalue weighted by Crippen LogP contribution is 2.69. The van der Waals surface area contributed by atoms with Crippen molar-refractivity contribution in [1.82, 2.24) is 0 Å². The van der Waals surface area contributed by atoms with Crippen LogP contribution in [0.5, 0.6) is 144 Å². The van der Waals surface area contributed by atoms with Crippen LogP contribution in [0.2, 0.25) is 0 Å². The fraction of sp³-hybridized carbons (Fsp3) is 0.200. The molecule has 540 valence electrons. The molecule has 2 bridgehead atoms. The minimum Gasteiger partial charge on any atom is -0.508 e. The molecule has 0 aromatic heterocycles. The molecule has 105 heavy (non-hydrogen) atoms. The van der Waals surface area contributed by atoms with Gasteiger partial charge in [0.15, 0.2) is 75.8 Å². The van der Waals surface area contributed by atoms with E-state index in [1.54, 1.807) is 0 Å². The van der Waals surface area contributed by atoms with E-state index in [0.29, 0.717) is 6.07 Å². The van der Waals surface area contributed by atoms with Gasteiger partial charge in [-0.25, -0.2) is 0 Å². The van der Waals surface area contributed by atoms with Crippen molar-refractivity contribution in [2.75, 3.05) is 0 Å². The molecule has 14 atom stereocenters. The van der Waals surface area contributed by atoms with E-state index >= 15 is 0 Å². The first-order valence-electron chi connectivity index (χ1n) is 32.2. The summed E-state index contributed by atoms with van der Waals surface area (Å²) in [5.41, 5.74) is -5.15. The fourth-order valence-corrected chi connectivity index (χ4v) is 15.8. The van der Waals surface area contributed by atoms with Crippen LogP contribution in [0.4, 0.5) is 0 Å². The highest BCUT2D eigenvalue weighted by atomic mass is 16.7. The molecule has 30 heteroatoms. The van der Waals surface area contributed by atoms with Crippen LogP contribution in [-0.4, -0.2) is 153 Å². The van der Waals surface area contributed by atoms with Crippen LogP contribution in [-0.2, 0) is 12.2 Å². The number of phenolic OH excluding ortho intramolecular Hbond substituents is 19. The number of aliphatic hydroxyl groups excluding tert-OH is 5. The Labute approximate surface area is 588 Å². The van der Waals surface area contributed by atoms with Crippen LogP contribution in [0.1, 0.15) is 126 Å². The number of ether oxygens (including phenoxy) is 6. The zero-order chi connectivity index (χ0) is 74.3. The van der Waals surface area contributed by atoms with Crippen molar-refractivity contribution in [3.05, 3.63) is 205 Å². The van der Waals surface area contributed by atoms with Gasteiger partial charge >= 0.3 is 5.79 Å². The van der Waals surface area contributed by atoms with Crippen molar-refractivity contribution in [3.8, 4) is 144 Å². The molecule has 0 saturated carbocycles. The van der Waals surface area contributed by atoms with Gasteiger partial charge in [0.2, 0.25) is 0 Å². The summed E-state index contributed by atoms with van der Waals surface area (Å²) in [6.07, 6.45) is -17.8. The third kappa shape index (κ3) is 9.89. The normalized spacial score (nSPS) is 25.1. The van der Waals surface area contributed by atoms with Gasteiger partial charge in [0.25, 0.3) is 0 Å². The second kappa shape index (κ2) is 23.5. The summed E-state index contributed by atoms with van der Waals surface area (Å²) < 4.78 is 39.8. The third-order valence-corrected chi connectivity index (χ3v) is 20.5. The highest BCUT2D eigenvalue weighted by Gasteiger charge is 2.62. The van der Waals surface area contributed by atoms with Gasteiger partial charge in [-0.15, -0.1) is 0 Å². The number of hydrogen-bond donors (Lipinski definition) is 24. The molecule has 3 unspecified atom stereocenters. The predicted molar refractivity (Wildman–Crippen MR) is 354 cm³/mol. The van der Waals surface area contributed by atoms with E-state index in [4.69, 9.17) is 28.4 Å². The lowest BCUT2D eigenvalue weighted by Crippen LogP contribution is -2.58. The Kier molecular flexibility index (Phi) is 14.9. The van der Waals surface area contributed by atoms with Crippen LogP contribution < -0.4 is 28.4 Å². The Bertz CT molecular complexity index is 5350. The molecule has 10 aromatic carbocycles. The maximum absolute atomic E-state index is 13.5. The summed E-state index contributed by atoms with van der Waals surface area (Å²) in [4.78, 5) is 0. The summed E-state index contributed by atoms with van der Waals surface area (Å²) in [7, 11) is 0. The summed E-state index contributed by atoms with van der Waals surface area (Å²) in [6.45, 7) is 0. The number of hydrogen-bond acceptors (Lipinski definition) is 30. The zero-order valence-corrected chi connectivity index (χ0v) is 53.5. The SMILES string of the molecule is Oc1cc(O)c2c(c1)O[C@H](c1ccc(O)c(O)c1)[C@H](O)[C@H]2c1c(O)cc(O)c2c1O[C@H](c1ccc(O)c(O)c1)[C@H](O)[C@H]2c1c(O)cc(O)c2c1O[C@H](c1ccc(O)c(O)c1)[C@H](O)[C@H]2c1c(O)cc(O)c2c1O[C@@]1(c3ccc(O)c(O)c3)Oc3cc(O)c4c(c3C2[C@H]1O)OC(c1ccc(O)c(O)c1)C(O)C4. The molecule has 6 heterocycles. The highest BCUT2D eigenvalue weighted by molar-refractivity contribution is 5.76. The lowest BCUT2D eigenvalue weighted by atomic mass is 9.70. The molecule has 24 N–H and O–H groups in total. The van der Waals surface area contributed by atoms with Crippen molar-refractivity contribution >= 4 is 0 Å². The van der Waals surface area contributed by atoms with Crippen LogP contribution in [0.25, 0.3) is 0 Å². The molecule has 0 fully saturated rings. The van der Waals surface area contributed by atoms with Gasteiger partial charge in [-0.2, -0.15) is 0 Å². The largest absolute Gasteiger partial charge is 0.508 e. The number of benzene rings is 10. The minimum absolute atomic E-state index is 0.0457. The summed E-state index contributed by atoms with van der Waals surface area (Å²) >= 11 is 0. The molecule has 0 amide bonds. The van der Waals surface area contributed by atoms with Crippen molar-refractivity contribution in [2.45, 2.75) is 90.8 Å². The van der Waals surface area contributed by atoms with Gasteiger partial charge in [-0.1, -0.05) is 24.3 Å². The molecule has 16 rings (SSSR count). The van der Waals surface area contributed by atoms with E-state index in [2.05, 4.69) is 0 Å². The van der Waals surface area contributed by atoms with E-state index in [-0.39, 0.29) is 61.8 Å². The fourth-order valence-electron chi connectivity index (χ4n) is 15.8. The average molecular weight is 1440 g/mol. The first-order chi connectivity index (χ1) is 49.9. The van der Waals surface area contributed by atoms with Gasteiger partial charge in [-0.3, -0.25) is 0 Å². The van der Waals surface area contributed by atoms with E-state index in [1.165, 1.54) is 18.2 Å². The number of fused-ring (bicyclic) bond motifs is 11. The molecule has 6 aliphatic heterocycles. The van der Waals surface area contributed by atoms with Crippen LogP contribution in [0.15, 0.2) is 127 Å². The standard InChI is InChI=1S/C75H60O30/c76-28-16-41(88)51-49(17-28)100-67(24-2-7-31(78)37(84)12-24)63(96)59(51)52-42(89)19-43(90)53-60(64(97)68(102-71(52)53)25-3-8-32(79)38(85)13-25)54-44(91)20-45(92)55-61(65(98)69(103-72(54)55)26-4-9-33(80)39(86)14-26)56-46(93)21-47(94)57-62-58-50(104-75(74(62)99,105-73(56)57)27-5-10-34(81)40(87)15-27)22-35(82)29-18-48(95)66(101-70(29)58)23-1-6-30(77)36(83)11-23/h1-17,19-22,48,59-69,74,76-99H,18H2/t48?,59-,60-,61-,62?,63-,64-,65-,66?,67-,68-,69-,74-,75-/m1/s1. The van der Waals surface area contributed by atoms with Gasteiger partial charge in [0.1, 0.15) is 117 Å². The summed E-state index contributed by atoms with van der Waals surface area (Å²) in [5.74, 6) is -28.8. The molecule has 0 radical (unpaired) electrons. The number of aliphatic hydroxyl groups is 5. The first kappa shape index (κ1) is 66.5. The summed E-state index contributed by atoms with van der Waals surface area (Å²) in [5, 5.41) is 283. The molecule has 30 nitrogen and oxygen atoms in total. The van der Waals surface area contributed by atoms with Crippen LogP contribution in [0.3, 0.4) is 0 Å². The molecule has 6 aliphatic rings. The lowest BCUT2D eigenvalue weighted by molar-refractivity contribution is -0.219. The van der Waals surface area contributed by atoms with E-state index < -0.39 is 251 Å². The quantitative estimate of drug-likeness (QED) is 0.0672. The van der Waals surface area contributed by atoms with Gasteiger partial charge in [-0.05, 0) is 89.0 Å². The second-order valence-corrected chi connectivity index (χ2v) is 26.5. The predicted octanol–water partition coefficient (Wildman–Crippen LogP) is 7.14. The maximum atomic E-state index is 13.5. The Morgan fingerprint density at radius 2 is 0.629 bits per heavy atom. The van der Waals surface area contributed by atoms with Crippen LogP contribution in [0, 0.1) is 0 Å². The average Bonchev–Trinajstić information content (AvgIpc) is 0.688. The van der Waals surface area contributed by atoms with Crippen LogP contribution >= 0.6 is 0 Å². The van der Waals surface area contributed by atoms with Crippen molar-refractivity contribution in [2.24, 2.45) is 0 Å². The van der Waals surface area contributed by atoms with Crippen molar-refractivity contribution < 1.29 is 151 Å². The minimum atomic E-state index is -2.80. The molecule has 0 spiro atoms.